The van der Waals surface area contributed by atoms with Crippen molar-refractivity contribution in [1.82, 2.24) is 0 Å². The lowest BCUT2D eigenvalue weighted by molar-refractivity contribution is 0.0204. The van der Waals surface area contributed by atoms with Crippen molar-refractivity contribution in [2.45, 2.75) is 46.1 Å². The summed E-state index contributed by atoms with van der Waals surface area (Å²) < 4.78 is 21.9. The first-order valence-corrected chi connectivity index (χ1v) is 10.1. The second kappa shape index (κ2) is 9.20. The van der Waals surface area contributed by atoms with Crippen molar-refractivity contribution in [3.63, 3.8) is 0 Å². The molecule has 0 N–H and O–H groups in total. The van der Waals surface area contributed by atoms with Crippen LogP contribution in [0, 0.1) is 6.92 Å². The number of para-hydroxylation sites is 1. The van der Waals surface area contributed by atoms with Gasteiger partial charge in [0.15, 0.2) is 0 Å². The highest BCUT2D eigenvalue weighted by atomic mass is 16.7. The van der Waals surface area contributed by atoms with Gasteiger partial charge in [-0.2, -0.15) is 0 Å². The molecule has 0 aliphatic carbocycles. The predicted octanol–water partition coefficient (Wildman–Crippen LogP) is 5.12. The average molecular weight is 425 g/mol. The van der Waals surface area contributed by atoms with E-state index < -0.39 is 17.7 Å². The predicted molar refractivity (Wildman–Crippen MR) is 117 cm³/mol. The standard InChI is InChI=1S/C24H27NO6/c1-15-20(22(26)29-16-10-7-6-8-11-16)19(30-23(27)31-24(2,3)4)14-17(21(15)28-5)18-12-9-13-25-18/h6-8,10-11,14H,9,12-13H2,1-5H3. The van der Waals surface area contributed by atoms with E-state index in [9.17, 15) is 9.59 Å². The third-order valence-corrected chi connectivity index (χ3v) is 4.61. The quantitative estimate of drug-likeness (QED) is 0.376. The molecule has 2 aromatic rings. The zero-order valence-corrected chi connectivity index (χ0v) is 18.5. The third-order valence-electron chi connectivity index (χ3n) is 4.61. The Morgan fingerprint density at radius 2 is 1.77 bits per heavy atom. The largest absolute Gasteiger partial charge is 0.514 e. The molecule has 0 saturated carbocycles. The Hall–Kier alpha value is -3.35. The number of nitrogens with zero attached hydrogens (tertiary/aromatic N) is 1. The summed E-state index contributed by atoms with van der Waals surface area (Å²) in [5, 5.41) is 0. The summed E-state index contributed by atoms with van der Waals surface area (Å²) in [6.45, 7) is 7.64. The van der Waals surface area contributed by atoms with Crippen LogP contribution in [-0.4, -0.2) is 37.1 Å². The first-order valence-electron chi connectivity index (χ1n) is 10.1. The van der Waals surface area contributed by atoms with Crippen LogP contribution in [0.4, 0.5) is 4.79 Å². The van der Waals surface area contributed by atoms with E-state index in [1.165, 1.54) is 7.11 Å². The van der Waals surface area contributed by atoms with Gasteiger partial charge >= 0.3 is 12.1 Å². The molecule has 0 saturated heterocycles. The van der Waals surface area contributed by atoms with Gasteiger partial charge < -0.3 is 18.9 Å². The number of benzene rings is 2. The number of carbonyl (C=O) groups is 2. The minimum Gasteiger partial charge on any atom is -0.496 e. The molecule has 1 heterocycles. The van der Waals surface area contributed by atoms with Gasteiger partial charge in [0.25, 0.3) is 0 Å². The Morgan fingerprint density at radius 3 is 2.35 bits per heavy atom. The van der Waals surface area contributed by atoms with Crippen molar-refractivity contribution in [1.29, 1.82) is 0 Å². The van der Waals surface area contributed by atoms with E-state index in [-0.39, 0.29) is 11.3 Å². The second-order valence-corrected chi connectivity index (χ2v) is 8.16. The Bertz CT molecular complexity index is 1000. The van der Waals surface area contributed by atoms with E-state index in [1.54, 1.807) is 58.0 Å². The Balaban J connectivity index is 2.07. The maximum absolute atomic E-state index is 13.1. The fourth-order valence-electron chi connectivity index (χ4n) is 3.35. The normalized spacial score (nSPS) is 13.4. The summed E-state index contributed by atoms with van der Waals surface area (Å²) in [4.78, 5) is 30.0. The summed E-state index contributed by atoms with van der Waals surface area (Å²) >= 11 is 0. The van der Waals surface area contributed by atoms with Crippen LogP contribution >= 0.6 is 0 Å². The van der Waals surface area contributed by atoms with Crippen LogP contribution < -0.4 is 14.2 Å². The molecule has 31 heavy (non-hydrogen) atoms. The smallest absolute Gasteiger partial charge is 0.496 e. The van der Waals surface area contributed by atoms with Gasteiger partial charge in [0.2, 0.25) is 0 Å². The number of methoxy groups -OCH3 is 1. The number of aliphatic imine (C=N–C) groups is 1. The SMILES string of the molecule is COc1c(C2=NCCC2)cc(OC(=O)OC(C)(C)C)c(C(=O)Oc2ccccc2)c1C. The van der Waals surface area contributed by atoms with E-state index in [1.807, 2.05) is 6.07 Å². The minimum absolute atomic E-state index is 0.0399. The van der Waals surface area contributed by atoms with Crippen molar-refractivity contribution in [3.05, 3.63) is 53.1 Å². The van der Waals surface area contributed by atoms with Gasteiger partial charge in [0.05, 0.1) is 7.11 Å². The molecule has 0 atom stereocenters. The summed E-state index contributed by atoms with van der Waals surface area (Å²) in [5.74, 6) is 0.245. The first kappa shape index (κ1) is 22.3. The lowest BCUT2D eigenvalue weighted by atomic mass is 9.97. The number of ether oxygens (including phenoxy) is 4. The van der Waals surface area contributed by atoms with E-state index in [4.69, 9.17) is 18.9 Å². The topological polar surface area (TPSA) is 83.4 Å². The zero-order valence-electron chi connectivity index (χ0n) is 18.5. The fraction of sp³-hybridized carbons (Fsp3) is 0.375. The van der Waals surface area contributed by atoms with Gasteiger partial charge in [-0.1, -0.05) is 18.2 Å². The molecule has 1 aliphatic rings. The molecule has 1 aliphatic heterocycles. The van der Waals surface area contributed by atoms with Crippen LogP contribution in [-0.2, 0) is 4.74 Å². The van der Waals surface area contributed by atoms with Crippen LogP contribution in [0.2, 0.25) is 0 Å². The van der Waals surface area contributed by atoms with Gasteiger partial charge in [0, 0.05) is 23.4 Å². The molecule has 0 bridgehead atoms. The van der Waals surface area contributed by atoms with Gasteiger partial charge in [-0.25, -0.2) is 9.59 Å². The van der Waals surface area contributed by atoms with Gasteiger partial charge in [-0.05, 0) is 58.7 Å². The van der Waals surface area contributed by atoms with Crippen molar-refractivity contribution >= 4 is 17.8 Å². The first-order chi connectivity index (χ1) is 14.7. The number of rotatable bonds is 5. The van der Waals surface area contributed by atoms with Crippen LogP contribution in [0.15, 0.2) is 41.4 Å². The van der Waals surface area contributed by atoms with Gasteiger partial charge in [-0.3, -0.25) is 4.99 Å². The highest BCUT2D eigenvalue weighted by Gasteiger charge is 2.29. The van der Waals surface area contributed by atoms with Crippen LogP contribution in [0.1, 0.15) is 55.1 Å². The molecule has 0 aromatic heterocycles. The maximum Gasteiger partial charge on any atom is 0.514 e. The number of hydrogen-bond acceptors (Lipinski definition) is 7. The van der Waals surface area contributed by atoms with Crippen molar-refractivity contribution in [2.24, 2.45) is 4.99 Å². The highest BCUT2D eigenvalue weighted by molar-refractivity contribution is 6.07. The summed E-state index contributed by atoms with van der Waals surface area (Å²) in [6, 6.07) is 10.3. The summed E-state index contributed by atoms with van der Waals surface area (Å²) in [7, 11) is 1.53. The maximum atomic E-state index is 13.1. The molecule has 164 valence electrons. The number of hydrogen-bond donors (Lipinski definition) is 0. The third kappa shape index (κ3) is 5.42. The minimum atomic E-state index is -0.912. The average Bonchev–Trinajstić information content (AvgIpc) is 3.21. The van der Waals surface area contributed by atoms with Crippen molar-refractivity contribution in [2.75, 3.05) is 13.7 Å². The molecule has 0 radical (unpaired) electrons. The van der Waals surface area contributed by atoms with Crippen molar-refractivity contribution in [3.8, 4) is 17.2 Å². The van der Waals surface area contributed by atoms with Gasteiger partial charge in [0.1, 0.15) is 28.4 Å². The lowest BCUT2D eigenvalue weighted by Crippen LogP contribution is -2.27. The molecule has 0 fully saturated rings. The van der Waals surface area contributed by atoms with Crippen LogP contribution in [0.3, 0.4) is 0 Å². The molecule has 0 unspecified atom stereocenters. The second-order valence-electron chi connectivity index (χ2n) is 8.16. The van der Waals surface area contributed by atoms with Crippen LogP contribution in [0.25, 0.3) is 0 Å². The van der Waals surface area contributed by atoms with E-state index in [0.717, 1.165) is 25.1 Å². The molecule has 7 nitrogen and oxygen atoms in total. The molecule has 0 spiro atoms. The van der Waals surface area contributed by atoms with E-state index >= 15 is 0 Å². The van der Waals surface area contributed by atoms with E-state index in [2.05, 4.69) is 4.99 Å². The molecular weight excluding hydrogens is 398 g/mol. The summed E-state index contributed by atoms with van der Waals surface area (Å²) in [6.07, 6.45) is 0.790. The number of carbonyl (C=O) groups excluding carboxylic acids is 2. The zero-order chi connectivity index (χ0) is 22.6. The molecular formula is C24H27NO6. The Kier molecular flexibility index (Phi) is 6.63. The highest BCUT2D eigenvalue weighted by Crippen LogP contribution is 2.37. The summed E-state index contributed by atoms with van der Waals surface area (Å²) in [5.41, 5.74) is 1.37. The Labute approximate surface area is 182 Å². The number of esters is 1. The van der Waals surface area contributed by atoms with Gasteiger partial charge in [-0.15, -0.1) is 0 Å². The fourth-order valence-corrected chi connectivity index (χ4v) is 3.35. The molecule has 0 amide bonds. The lowest BCUT2D eigenvalue weighted by Gasteiger charge is -2.21. The van der Waals surface area contributed by atoms with Crippen LogP contribution in [0.5, 0.6) is 17.2 Å². The molecule has 7 heteroatoms. The monoisotopic (exact) mass is 425 g/mol. The van der Waals surface area contributed by atoms with E-state index in [0.29, 0.717) is 22.6 Å². The molecule has 3 rings (SSSR count). The molecule has 2 aromatic carbocycles. The Morgan fingerprint density at radius 1 is 1.06 bits per heavy atom. The van der Waals surface area contributed by atoms with Crippen molar-refractivity contribution < 1.29 is 28.5 Å².